The minimum atomic E-state index is -0.285. The fourth-order valence-corrected chi connectivity index (χ4v) is 3.31. The number of ether oxygens (including phenoxy) is 1. The maximum absolute atomic E-state index is 12.5. The lowest BCUT2D eigenvalue weighted by Crippen LogP contribution is -2.40. The molecular weight excluding hydrogens is 282 g/mol. The molecule has 0 aromatic carbocycles. The van der Waals surface area contributed by atoms with Gasteiger partial charge in [0.2, 0.25) is 5.88 Å². The van der Waals surface area contributed by atoms with Crippen LogP contribution in [0.15, 0.2) is 12.3 Å². The second-order valence-corrected chi connectivity index (χ2v) is 7.24. The molecule has 2 heterocycles. The molecule has 6 heteroatoms. The van der Waals surface area contributed by atoms with Crippen molar-refractivity contribution in [2.45, 2.75) is 40.2 Å². The highest BCUT2D eigenvalue weighted by molar-refractivity contribution is 5.99. The molecule has 1 aliphatic carbocycles. The van der Waals surface area contributed by atoms with Crippen LogP contribution in [0.25, 0.3) is 0 Å². The first-order valence-electron chi connectivity index (χ1n) is 7.35. The summed E-state index contributed by atoms with van der Waals surface area (Å²) in [6, 6.07) is 1.60. The molecule has 2 aliphatic rings. The lowest BCUT2D eigenvalue weighted by Gasteiger charge is -2.20. The van der Waals surface area contributed by atoms with Gasteiger partial charge in [0.15, 0.2) is 6.61 Å². The largest absolute Gasteiger partial charge is 0.466 e. The number of nitrogens with zero attached hydrogens (tertiary/aromatic N) is 1. The maximum Gasteiger partial charge on any atom is 0.262 e. The van der Waals surface area contributed by atoms with Gasteiger partial charge >= 0.3 is 0 Å². The molecule has 6 nitrogen and oxygen atoms in total. The smallest absolute Gasteiger partial charge is 0.262 e. The maximum atomic E-state index is 12.5. The fraction of sp³-hybridized carbons (Fsp3) is 0.562. The monoisotopic (exact) mass is 303 g/mol. The zero-order chi connectivity index (χ0) is 16.3. The van der Waals surface area contributed by atoms with Crippen molar-refractivity contribution >= 4 is 17.5 Å². The minimum absolute atomic E-state index is 0.00855. The molecule has 2 amide bonds. The van der Waals surface area contributed by atoms with Crippen LogP contribution in [0.4, 0.5) is 5.69 Å². The third-order valence-corrected chi connectivity index (χ3v) is 6.09. The Morgan fingerprint density at radius 1 is 1.27 bits per heavy atom. The van der Waals surface area contributed by atoms with Crippen LogP contribution in [-0.2, 0) is 4.79 Å². The lowest BCUT2D eigenvalue weighted by atomic mass is 10.0. The Bertz CT molecular complexity index is 665. The number of hydrogen-bond donors (Lipinski definition) is 2. The van der Waals surface area contributed by atoms with E-state index < -0.39 is 0 Å². The van der Waals surface area contributed by atoms with Crippen molar-refractivity contribution in [2.24, 2.45) is 10.8 Å². The first-order valence-corrected chi connectivity index (χ1v) is 7.35. The van der Waals surface area contributed by atoms with Gasteiger partial charge in [0.05, 0.1) is 5.56 Å². The number of anilines is 1. The fourth-order valence-electron chi connectivity index (χ4n) is 3.31. The second-order valence-electron chi connectivity index (χ2n) is 7.24. The molecule has 118 valence electrons. The van der Waals surface area contributed by atoms with Gasteiger partial charge in [0.25, 0.3) is 11.8 Å². The molecule has 0 radical (unpaired) electrons. The van der Waals surface area contributed by atoms with Gasteiger partial charge in [-0.2, -0.15) is 0 Å². The van der Waals surface area contributed by atoms with Crippen molar-refractivity contribution in [1.82, 2.24) is 10.3 Å². The number of carbonyl (C=O) groups is 2. The van der Waals surface area contributed by atoms with Crippen molar-refractivity contribution < 1.29 is 14.3 Å². The average Bonchev–Trinajstić information content (AvgIpc) is 2.74. The van der Waals surface area contributed by atoms with Crippen LogP contribution in [0.2, 0.25) is 0 Å². The first kappa shape index (κ1) is 14.8. The molecule has 0 bridgehead atoms. The number of hydrogen-bond acceptors (Lipinski definition) is 4. The van der Waals surface area contributed by atoms with Crippen molar-refractivity contribution in [2.75, 3.05) is 11.9 Å². The summed E-state index contributed by atoms with van der Waals surface area (Å²) in [5, 5.41) is 5.77. The summed E-state index contributed by atoms with van der Waals surface area (Å²) in [7, 11) is 0. The lowest BCUT2D eigenvalue weighted by molar-refractivity contribution is -0.118. The van der Waals surface area contributed by atoms with Crippen molar-refractivity contribution in [1.29, 1.82) is 0 Å². The van der Waals surface area contributed by atoms with E-state index in [1.165, 1.54) is 6.20 Å². The molecule has 1 aliphatic heterocycles. The zero-order valence-corrected chi connectivity index (χ0v) is 13.5. The van der Waals surface area contributed by atoms with Crippen LogP contribution >= 0.6 is 0 Å². The summed E-state index contributed by atoms with van der Waals surface area (Å²) in [6.07, 6.45) is 1.47. The first-order chi connectivity index (χ1) is 10.1. The van der Waals surface area contributed by atoms with E-state index in [9.17, 15) is 9.59 Å². The summed E-state index contributed by atoms with van der Waals surface area (Å²) in [6.45, 7) is 10.6. The van der Waals surface area contributed by atoms with Crippen LogP contribution in [-0.4, -0.2) is 28.9 Å². The van der Waals surface area contributed by atoms with Gasteiger partial charge in [-0.1, -0.05) is 27.7 Å². The van der Waals surface area contributed by atoms with E-state index in [0.29, 0.717) is 17.1 Å². The number of pyridine rings is 1. The molecule has 0 atom stereocenters. The normalized spacial score (nSPS) is 22.9. The van der Waals surface area contributed by atoms with Gasteiger partial charge in [0.1, 0.15) is 5.69 Å². The van der Waals surface area contributed by atoms with Crippen molar-refractivity contribution in [3.05, 3.63) is 17.8 Å². The van der Waals surface area contributed by atoms with Gasteiger partial charge in [0, 0.05) is 11.7 Å². The van der Waals surface area contributed by atoms with E-state index in [1.807, 2.05) is 0 Å². The van der Waals surface area contributed by atoms with Gasteiger partial charge in [-0.25, -0.2) is 4.98 Å². The molecule has 0 saturated heterocycles. The number of fused-ring (bicyclic) bond motifs is 1. The third kappa shape index (κ3) is 1.76. The zero-order valence-electron chi connectivity index (χ0n) is 13.5. The Morgan fingerprint density at radius 3 is 2.50 bits per heavy atom. The Morgan fingerprint density at radius 2 is 1.91 bits per heavy atom. The Hall–Kier alpha value is -2.11. The Labute approximate surface area is 129 Å². The van der Waals surface area contributed by atoms with E-state index in [2.05, 4.69) is 50.2 Å². The number of aromatic nitrogens is 1. The molecular formula is C16H21N3O3. The van der Waals surface area contributed by atoms with Crippen LogP contribution in [0.5, 0.6) is 5.88 Å². The molecule has 0 unspecified atom stereocenters. The predicted molar refractivity (Wildman–Crippen MR) is 81.8 cm³/mol. The van der Waals surface area contributed by atoms with Gasteiger partial charge < -0.3 is 15.4 Å². The third-order valence-electron chi connectivity index (χ3n) is 6.09. The SMILES string of the molecule is CC1(C)C(C)(C)C1(C)NC(=O)c1cnc2c(c1)NC(=O)CO2. The number of amides is 2. The highest BCUT2D eigenvalue weighted by Gasteiger charge is 2.75. The van der Waals surface area contributed by atoms with Crippen LogP contribution in [0, 0.1) is 10.8 Å². The van der Waals surface area contributed by atoms with E-state index in [0.717, 1.165) is 0 Å². The summed E-state index contributed by atoms with van der Waals surface area (Å²) in [5.41, 5.74) is 0.573. The number of nitrogens with one attached hydrogen (secondary N) is 2. The molecule has 3 rings (SSSR count). The summed E-state index contributed by atoms with van der Waals surface area (Å²) >= 11 is 0. The molecule has 0 spiro atoms. The standard InChI is InChI=1S/C16H21N3O3/c1-14(2)15(3,4)16(14,5)19-12(21)9-6-10-13(17-7-9)22-8-11(20)18-10/h6-7H,8H2,1-5H3,(H,18,20)(H,19,21). The average molecular weight is 303 g/mol. The summed E-state index contributed by atoms with van der Waals surface area (Å²) in [5.74, 6) is -0.103. The predicted octanol–water partition coefficient (Wildman–Crippen LogP) is 1.97. The molecule has 1 aromatic rings. The molecule has 1 fully saturated rings. The summed E-state index contributed by atoms with van der Waals surface area (Å²) in [4.78, 5) is 28.0. The second kappa shape index (κ2) is 4.21. The number of rotatable bonds is 2. The topological polar surface area (TPSA) is 80.3 Å². The van der Waals surface area contributed by atoms with E-state index in [-0.39, 0.29) is 34.8 Å². The van der Waals surface area contributed by atoms with Crippen LogP contribution < -0.4 is 15.4 Å². The van der Waals surface area contributed by atoms with E-state index >= 15 is 0 Å². The quantitative estimate of drug-likeness (QED) is 0.875. The van der Waals surface area contributed by atoms with Crippen LogP contribution in [0.3, 0.4) is 0 Å². The van der Waals surface area contributed by atoms with Crippen molar-refractivity contribution in [3.63, 3.8) is 0 Å². The highest BCUT2D eigenvalue weighted by Crippen LogP contribution is 2.71. The van der Waals surface area contributed by atoms with Gasteiger partial charge in [-0.3, -0.25) is 9.59 Å². The molecule has 1 saturated carbocycles. The van der Waals surface area contributed by atoms with E-state index in [1.54, 1.807) is 6.07 Å². The number of carbonyl (C=O) groups excluding carboxylic acids is 2. The minimum Gasteiger partial charge on any atom is -0.466 e. The Balaban J connectivity index is 1.83. The molecule has 22 heavy (non-hydrogen) atoms. The molecule has 2 N–H and O–H groups in total. The van der Waals surface area contributed by atoms with Crippen molar-refractivity contribution in [3.8, 4) is 5.88 Å². The highest BCUT2D eigenvalue weighted by atomic mass is 16.5. The summed E-state index contributed by atoms with van der Waals surface area (Å²) < 4.78 is 5.20. The van der Waals surface area contributed by atoms with Crippen LogP contribution in [0.1, 0.15) is 45.0 Å². The van der Waals surface area contributed by atoms with Gasteiger partial charge in [-0.05, 0) is 23.8 Å². The van der Waals surface area contributed by atoms with Gasteiger partial charge in [-0.15, -0.1) is 0 Å². The molecule has 1 aromatic heterocycles. The van der Waals surface area contributed by atoms with E-state index in [4.69, 9.17) is 4.74 Å². The Kier molecular flexibility index (Phi) is 2.84.